The average Bonchev–Trinajstić information content (AvgIpc) is 3.01. The number of aliphatic hydroxyl groups excluding tert-OH is 2. The molecule has 1 saturated heterocycles. The van der Waals surface area contributed by atoms with Crippen LogP contribution >= 0.6 is 0 Å². The van der Waals surface area contributed by atoms with E-state index in [0.29, 0.717) is 0 Å². The number of fused-ring (bicyclic) bond motifs is 1. The Morgan fingerprint density at radius 2 is 2.36 bits per heavy atom. The number of H-pyrrole nitrogens is 1. The van der Waals surface area contributed by atoms with E-state index < -0.39 is 36.3 Å². The molecule has 22 heavy (non-hydrogen) atoms. The Morgan fingerprint density at radius 3 is 2.95 bits per heavy atom. The number of ether oxygens (including phenoxy) is 1. The fourth-order valence-electron chi connectivity index (χ4n) is 2.70. The van der Waals surface area contributed by atoms with Gasteiger partial charge in [0.05, 0.1) is 12.9 Å². The number of halogens is 1. The van der Waals surface area contributed by atoms with Crippen LogP contribution in [0, 0.1) is 0 Å². The van der Waals surface area contributed by atoms with Crippen molar-refractivity contribution < 1.29 is 19.3 Å². The number of imidazole rings is 1. The van der Waals surface area contributed by atoms with E-state index in [2.05, 4.69) is 15.0 Å². The minimum atomic E-state index is -1.81. The monoisotopic (exact) mass is 313 g/mol. The second-order valence-electron chi connectivity index (χ2n) is 5.25. The molecule has 0 bridgehead atoms. The van der Waals surface area contributed by atoms with E-state index in [1.165, 1.54) is 10.9 Å². The lowest BCUT2D eigenvalue weighted by molar-refractivity contribution is -0.128. The van der Waals surface area contributed by atoms with Crippen LogP contribution in [0.5, 0.6) is 0 Å². The number of alkyl halides is 1. The van der Waals surface area contributed by atoms with Gasteiger partial charge < -0.3 is 20.7 Å². The van der Waals surface area contributed by atoms with Gasteiger partial charge in [0.1, 0.15) is 11.7 Å². The van der Waals surface area contributed by atoms with Gasteiger partial charge in [-0.3, -0.25) is 14.3 Å². The Balaban J connectivity index is 2.11. The summed E-state index contributed by atoms with van der Waals surface area (Å²) in [6, 6.07) is 0. The lowest BCUT2D eigenvalue weighted by Gasteiger charge is -2.28. The standard InChI is InChI=1S/C12H16FN5O4/c1-2-12(3-19)7(20)5(13)10(22-12)18-4-15-6-8(18)16-11(14)17-9(6)21/h4-5,7,10,19-20H,2-3H2,1H3,(H3,14,16,17,21)/t5-,7-,10+,12+/m0/s1. The number of aromatic amines is 1. The Bertz CT molecular complexity index is 756. The van der Waals surface area contributed by atoms with Crippen molar-refractivity contribution in [1.29, 1.82) is 0 Å². The van der Waals surface area contributed by atoms with Gasteiger partial charge in [-0.25, -0.2) is 9.37 Å². The molecule has 0 spiro atoms. The molecule has 10 heteroatoms. The lowest BCUT2D eigenvalue weighted by atomic mass is 9.94. The third-order valence-corrected chi connectivity index (χ3v) is 4.06. The molecule has 3 heterocycles. The van der Waals surface area contributed by atoms with Gasteiger partial charge in [-0.1, -0.05) is 6.92 Å². The first-order chi connectivity index (χ1) is 10.4. The van der Waals surface area contributed by atoms with E-state index in [4.69, 9.17) is 10.5 Å². The van der Waals surface area contributed by atoms with Gasteiger partial charge in [0.2, 0.25) is 5.95 Å². The molecule has 1 aliphatic rings. The van der Waals surface area contributed by atoms with Crippen molar-refractivity contribution in [3.8, 4) is 0 Å². The molecule has 0 aliphatic carbocycles. The molecule has 0 aromatic carbocycles. The zero-order chi connectivity index (χ0) is 16.1. The van der Waals surface area contributed by atoms with E-state index in [1.54, 1.807) is 6.92 Å². The highest BCUT2D eigenvalue weighted by atomic mass is 19.1. The van der Waals surface area contributed by atoms with Crippen LogP contribution in [0.2, 0.25) is 0 Å². The average molecular weight is 313 g/mol. The van der Waals surface area contributed by atoms with Gasteiger partial charge in [0.25, 0.3) is 5.56 Å². The summed E-state index contributed by atoms with van der Waals surface area (Å²) < 4.78 is 21.2. The summed E-state index contributed by atoms with van der Waals surface area (Å²) >= 11 is 0. The number of rotatable bonds is 3. The molecule has 120 valence electrons. The smallest absolute Gasteiger partial charge is 0.280 e. The van der Waals surface area contributed by atoms with Crippen LogP contribution in [-0.2, 0) is 4.74 Å². The first-order valence-electron chi connectivity index (χ1n) is 6.76. The molecule has 9 nitrogen and oxygen atoms in total. The minimum absolute atomic E-state index is 0.0162. The van der Waals surface area contributed by atoms with Gasteiger partial charge in [0, 0.05) is 0 Å². The minimum Gasteiger partial charge on any atom is -0.393 e. The van der Waals surface area contributed by atoms with Crippen molar-refractivity contribution >= 4 is 17.1 Å². The maximum Gasteiger partial charge on any atom is 0.280 e. The van der Waals surface area contributed by atoms with Crippen molar-refractivity contribution in [2.75, 3.05) is 12.3 Å². The molecule has 1 fully saturated rings. The summed E-state index contributed by atoms with van der Waals surface area (Å²) in [4.78, 5) is 21.8. The molecule has 5 N–H and O–H groups in total. The fraction of sp³-hybridized carbons (Fsp3) is 0.583. The number of nitrogen functional groups attached to an aromatic ring is 1. The molecule has 0 saturated carbocycles. The number of nitrogens with two attached hydrogens (primary N) is 1. The third-order valence-electron chi connectivity index (χ3n) is 4.06. The molecule has 2 aromatic heterocycles. The van der Waals surface area contributed by atoms with Crippen LogP contribution in [0.3, 0.4) is 0 Å². The molecule has 0 unspecified atom stereocenters. The fourth-order valence-corrected chi connectivity index (χ4v) is 2.70. The number of anilines is 1. The summed E-state index contributed by atoms with van der Waals surface area (Å²) in [6.07, 6.45) is -3.18. The first kappa shape index (κ1) is 14.9. The number of hydrogen-bond donors (Lipinski definition) is 4. The van der Waals surface area contributed by atoms with E-state index >= 15 is 0 Å². The van der Waals surface area contributed by atoms with E-state index in [1.807, 2.05) is 0 Å². The lowest BCUT2D eigenvalue weighted by Crippen LogP contribution is -2.44. The molecular weight excluding hydrogens is 297 g/mol. The molecule has 1 aliphatic heterocycles. The van der Waals surface area contributed by atoms with Gasteiger partial charge in [0.15, 0.2) is 23.6 Å². The van der Waals surface area contributed by atoms with Crippen molar-refractivity contribution in [3.63, 3.8) is 0 Å². The van der Waals surface area contributed by atoms with Gasteiger partial charge >= 0.3 is 0 Å². The Morgan fingerprint density at radius 1 is 1.64 bits per heavy atom. The first-order valence-corrected chi connectivity index (χ1v) is 6.76. The summed E-state index contributed by atoms with van der Waals surface area (Å²) in [5, 5.41) is 19.5. The molecule has 3 rings (SSSR count). The number of nitrogens with zero attached hydrogens (tertiary/aromatic N) is 3. The van der Waals surface area contributed by atoms with Crippen LogP contribution in [-0.4, -0.2) is 54.2 Å². The third kappa shape index (κ3) is 1.91. The van der Waals surface area contributed by atoms with Crippen LogP contribution in [0.1, 0.15) is 19.6 Å². The van der Waals surface area contributed by atoms with Crippen LogP contribution in [0.15, 0.2) is 11.1 Å². The zero-order valence-corrected chi connectivity index (χ0v) is 11.7. The van der Waals surface area contributed by atoms with Crippen LogP contribution in [0.25, 0.3) is 11.2 Å². The SMILES string of the molecule is CC[C@]1(CO)O[C@@H](n2cnc3c(=O)[nH]c(N)nc32)[C@@H](F)[C@@H]1O. The summed E-state index contributed by atoms with van der Waals surface area (Å²) in [5.41, 5.74) is 3.55. The van der Waals surface area contributed by atoms with Crippen molar-refractivity contribution in [2.45, 2.75) is 37.4 Å². The highest BCUT2D eigenvalue weighted by Crippen LogP contribution is 2.41. The Labute approximate surface area is 123 Å². The predicted molar refractivity (Wildman–Crippen MR) is 73.7 cm³/mol. The number of hydrogen-bond acceptors (Lipinski definition) is 7. The second-order valence-corrected chi connectivity index (χ2v) is 5.25. The van der Waals surface area contributed by atoms with E-state index in [9.17, 15) is 19.4 Å². The molecule has 0 amide bonds. The van der Waals surface area contributed by atoms with Crippen LogP contribution < -0.4 is 11.3 Å². The summed E-state index contributed by atoms with van der Waals surface area (Å²) in [6.45, 7) is 1.13. The summed E-state index contributed by atoms with van der Waals surface area (Å²) in [7, 11) is 0. The largest absolute Gasteiger partial charge is 0.393 e. The van der Waals surface area contributed by atoms with Gasteiger partial charge in [-0.2, -0.15) is 4.98 Å². The molecule has 2 aromatic rings. The topological polar surface area (TPSA) is 139 Å². The number of aliphatic hydroxyl groups is 2. The quantitative estimate of drug-likeness (QED) is 0.574. The molecular formula is C12H16FN5O4. The highest BCUT2D eigenvalue weighted by Gasteiger charge is 2.55. The number of aromatic nitrogens is 4. The van der Waals surface area contributed by atoms with Gasteiger partial charge in [-0.15, -0.1) is 0 Å². The predicted octanol–water partition coefficient (Wildman–Crippen LogP) is -0.929. The Hall–Kier alpha value is -2.04. The van der Waals surface area contributed by atoms with Crippen molar-refractivity contribution in [1.82, 2.24) is 19.5 Å². The highest BCUT2D eigenvalue weighted by molar-refractivity contribution is 5.70. The maximum absolute atomic E-state index is 14.5. The van der Waals surface area contributed by atoms with E-state index in [0.717, 1.165) is 0 Å². The maximum atomic E-state index is 14.5. The van der Waals surface area contributed by atoms with E-state index in [-0.39, 0.29) is 23.5 Å². The van der Waals surface area contributed by atoms with Gasteiger partial charge in [-0.05, 0) is 6.42 Å². The normalized spacial score (nSPS) is 31.9. The van der Waals surface area contributed by atoms with Crippen LogP contribution in [0.4, 0.5) is 10.3 Å². The van der Waals surface area contributed by atoms with Crippen molar-refractivity contribution in [3.05, 3.63) is 16.7 Å². The number of nitrogens with one attached hydrogen (secondary N) is 1. The van der Waals surface area contributed by atoms with Crippen molar-refractivity contribution in [2.24, 2.45) is 0 Å². The Kier molecular flexibility index (Phi) is 3.38. The zero-order valence-electron chi connectivity index (χ0n) is 11.7. The molecule has 4 atom stereocenters. The second kappa shape index (κ2) is 5.00. The molecule has 0 radical (unpaired) electrons. The summed E-state index contributed by atoms with van der Waals surface area (Å²) in [5.74, 6) is -0.142.